The van der Waals surface area contributed by atoms with Crippen molar-refractivity contribution < 1.29 is 4.74 Å². The van der Waals surface area contributed by atoms with Crippen molar-refractivity contribution in [2.24, 2.45) is 5.73 Å². The SMILES string of the molecule is CCN(CN)CC1CO1. The van der Waals surface area contributed by atoms with Gasteiger partial charge in [0.2, 0.25) is 0 Å². The van der Waals surface area contributed by atoms with Crippen LogP contribution in [0.3, 0.4) is 0 Å². The first-order valence-electron chi connectivity index (χ1n) is 3.40. The fraction of sp³-hybridized carbons (Fsp3) is 1.00. The highest BCUT2D eigenvalue weighted by molar-refractivity contribution is 4.72. The average Bonchev–Trinajstić information content (AvgIpc) is 2.66. The molecule has 1 saturated heterocycles. The summed E-state index contributed by atoms with van der Waals surface area (Å²) in [6.45, 7) is 5.71. The lowest BCUT2D eigenvalue weighted by molar-refractivity contribution is 0.258. The van der Waals surface area contributed by atoms with Crippen LogP contribution in [0, 0.1) is 0 Å². The lowest BCUT2D eigenvalue weighted by Crippen LogP contribution is -2.32. The smallest absolute Gasteiger partial charge is 0.0936 e. The summed E-state index contributed by atoms with van der Waals surface area (Å²) in [5.41, 5.74) is 5.43. The third-order valence-electron chi connectivity index (χ3n) is 1.57. The van der Waals surface area contributed by atoms with E-state index in [0.29, 0.717) is 12.8 Å². The van der Waals surface area contributed by atoms with Gasteiger partial charge in [0, 0.05) is 13.2 Å². The summed E-state index contributed by atoms with van der Waals surface area (Å²) in [7, 11) is 0. The minimum absolute atomic E-state index is 0.480. The number of rotatable bonds is 4. The molecule has 0 spiro atoms. The van der Waals surface area contributed by atoms with Crippen molar-refractivity contribution in [1.29, 1.82) is 0 Å². The number of epoxide rings is 1. The molecule has 9 heavy (non-hydrogen) atoms. The molecule has 3 nitrogen and oxygen atoms in total. The predicted molar refractivity (Wildman–Crippen MR) is 36.0 cm³/mol. The van der Waals surface area contributed by atoms with Gasteiger partial charge in [0.25, 0.3) is 0 Å². The lowest BCUT2D eigenvalue weighted by atomic mass is 10.4. The van der Waals surface area contributed by atoms with Gasteiger partial charge >= 0.3 is 0 Å². The van der Waals surface area contributed by atoms with Crippen LogP contribution in [0.15, 0.2) is 0 Å². The molecule has 0 radical (unpaired) electrons. The van der Waals surface area contributed by atoms with Crippen molar-refractivity contribution in [3.05, 3.63) is 0 Å². The van der Waals surface area contributed by atoms with Crippen molar-refractivity contribution in [2.75, 3.05) is 26.4 Å². The minimum Gasteiger partial charge on any atom is -0.372 e. The van der Waals surface area contributed by atoms with E-state index in [1.807, 2.05) is 0 Å². The fourth-order valence-corrected chi connectivity index (χ4v) is 0.794. The number of hydrogen-bond acceptors (Lipinski definition) is 3. The summed E-state index contributed by atoms with van der Waals surface area (Å²) < 4.78 is 5.05. The van der Waals surface area contributed by atoms with Gasteiger partial charge in [0.05, 0.1) is 12.7 Å². The van der Waals surface area contributed by atoms with Gasteiger partial charge in [-0.2, -0.15) is 0 Å². The normalized spacial score (nSPS) is 25.0. The molecule has 0 aliphatic carbocycles. The lowest BCUT2D eigenvalue weighted by Gasteiger charge is -2.15. The zero-order valence-electron chi connectivity index (χ0n) is 5.84. The van der Waals surface area contributed by atoms with Gasteiger partial charge in [-0.1, -0.05) is 6.92 Å². The Kier molecular flexibility index (Phi) is 2.45. The van der Waals surface area contributed by atoms with Crippen LogP contribution in [0.1, 0.15) is 6.92 Å². The molecule has 1 rings (SSSR count). The molecule has 54 valence electrons. The van der Waals surface area contributed by atoms with E-state index in [1.165, 1.54) is 0 Å². The summed E-state index contributed by atoms with van der Waals surface area (Å²) in [6, 6.07) is 0. The number of nitrogens with two attached hydrogens (primary N) is 1. The molecular formula is C6H14N2O. The Hall–Kier alpha value is -0.120. The quantitative estimate of drug-likeness (QED) is 0.417. The Morgan fingerprint density at radius 1 is 1.78 bits per heavy atom. The molecule has 0 aromatic rings. The number of nitrogens with zero attached hydrogens (tertiary/aromatic N) is 1. The maximum atomic E-state index is 5.43. The number of hydrogen-bond donors (Lipinski definition) is 1. The van der Waals surface area contributed by atoms with Gasteiger partial charge in [0.1, 0.15) is 0 Å². The maximum absolute atomic E-state index is 5.43. The third kappa shape index (κ3) is 2.30. The summed E-state index contributed by atoms with van der Waals surface area (Å²) in [4.78, 5) is 2.16. The van der Waals surface area contributed by atoms with E-state index in [2.05, 4.69) is 11.8 Å². The van der Waals surface area contributed by atoms with Crippen LogP contribution in [-0.2, 0) is 4.74 Å². The van der Waals surface area contributed by atoms with Crippen LogP contribution >= 0.6 is 0 Å². The molecule has 0 aromatic heterocycles. The Balaban J connectivity index is 2.05. The van der Waals surface area contributed by atoms with Gasteiger partial charge in [-0.3, -0.25) is 4.90 Å². The molecule has 1 aliphatic rings. The molecular weight excluding hydrogens is 116 g/mol. The fourth-order valence-electron chi connectivity index (χ4n) is 0.794. The van der Waals surface area contributed by atoms with Crippen LogP contribution in [-0.4, -0.2) is 37.4 Å². The summed E-state index contributed by atoms with van der Waals surface area (Å²) in [5.74, 6) is 0. The summed E-state index contributed by atoms with van der Waals surface area (Å²) in [6.07, 6.45) is 0.480. The minimum atomic E-state index is 0.480. The van der Waals surface area contributed by atoms with E-state index in [4.69, 9.17) is 10.5 Å². The molecule has 1 aliphatic heterocycles. The first-order valence-corrected chi connectivity index (χ1v) is 3.40. The molecule has 0 bridgehead atoms. The van der Waals surface area contributed by atoms with E-state index in [9.17, 15) is 0 Å². The van der Waals surface area contributed by atoms with Gasteiger partial charge in [-0.15, -0.1) is 0 Å². The summed E-state index contributed by atoms with van der Waals surface area (Å²) in [5, 5.41) is 0. The van der Waals surface area contributed by atoms with Crippen LogP contribution in [0.5, 0.6) is 0 Å². The standard InChI is InChI=1S/C6H14N2O/c1-2-8(5-7)3-6-4-9-6/h6H,2-5,7H2,1H3. The van der Waals surface area contributed by atoms with Crippen LogP contribution in [0.25, 0.3) is 0 Å². The highest BCUT2D eigenvalue weighted by Crippen LogP contribution is 2.09. The van der Waals surface area contributed by atoms with Crippen molar-refractivity contribution in [1.82, 2.24) is 4.90 Å². The maximum Gasteiger partial charge on any atom is 0.0936 e. The van der Waals surface area contributed by atoms with Gasteiger partial charge in [-0.25, -0.2) is 0 Å². The largest absolute Gasteiger partial charge is 0.372 e. The van der Waals surface area contributed by atoms with Crippen molar-refractivity contribution >= 4 is 0 Å². The molecule has 0 saturated carbocycles. The first kappa shape index (κ1) is 6.99. The van der Waals surface area contributed by atoms with E-state index >= 15 is 0 Å². The molecule has 1 unspecified atom stereocenters. The Morgan fingerprint density at radius 2 is 2.44 bits per heavy atom. The van der Waals surface area contributed by atoms with E-state index in [-0.39, 0.29) is 0 Å². The molecule has 1 atom stereocenters. The molecule has 2 N–H and O–H groups in total. The molecule has 0 aromatic carbocycles. The second kappa shape index (κ2) is 3.15. The highest BCUT2D eigenvalue weighted by atomic mass is 16.6. The Morgan fingerprint density at radius 3 is 2.78 bits per heavy atom. The second-order valence-electron chi connectivity index (χ2n) is 2.31. The molecule has 1 heterocycles. The highest BCUT2D eigenvalue weighted by Gasteiger charge is 2.23. The predicted octanol–water partition coefficient (Wildman–Crippen LogP) is -0.377. The van der Waals surface area contributed by atoms with E-state index in [0.717, 1.165) is 19.7 Å². The number of ether oxygens (including phenoxy) is 1. The van der Waals surface area contributed by atoms with Gasteiger partial charge < -0.3 is 10.5 Å². The Bertz CT molecular complexity index is 79.1. The van der Waals surface area contributed by atoms with Crippen LogP contribution in [0.4, 0.5) is 0 Å². The van der Waals surface area contributed by atoms with Gasteiger partial charge in [0.15, 0.2) is 0 Å². The second-order valence-corrected chi connectivity index (χ2v) is 2.31. The van der Waals surface area contributed by atoms with Crippen LogP contribution in [0.2, 0.25) is 0 Å². The zero-order valence-corrected chi connectivity index (χ0v) is 5.84. The molecule has 3 heteroatoms. The average molecular weight is 130 g/mol. The molecule has 0 amide bonds. The van der Waals surface area contributed by atoms with Crippen LogP contribution < -0.4 is 5.73 Å². The monoisotopic (exact) mass is 130 g/mol. The Labute approximate surface area is 55.8 Å². The molecule has 1 fully saturated rings. The van der Waals surface area contributed by atoms with E-state index in [1.54, 1.807) is 0 Å². The summed E-state index contributed by atoms with van der Waals surface area (Å²) >= 11 is 0. The van der Waals surface area contributed by atoms with Crippen molar-refractivity contribution in [3.63, 3.8) is 0 Å². The topological polar surface area (TPSA) is 41.8 Å². The number of likely N-dealkylation sites (N-methyl/N-ethyl adjacent to an activating group) is 1. The first-order chi connectivity index (χ1) is 4.36. The zero-order chi connectivity index (χ0) is 6.69. The van der Waals surface area contributed by atoms with Gasteiger partial charge in [-0.05, 0) is 6.54 Å². The third-order valence-corrected chi connectivity index (χ3v) is 1.57. The van der Waals surface area contributed by atoms with Crippen molar-refractivity contribution in [2.45, 2.75) is 13.0 Å². The van der Waals surface area contributed by atoms with Crippen molar-refractivity contribution in [3.8, 4) is 0 Å². The van der Waals surface area contributed by atoms with E-state index < -0.39 is 0 Å².